The SMILES string of the molecule is CC(C)C(NC(=O)c1ccccc1)C(=O)NN=Cc1ccc(O)c(Br)c1. The van der Waals surface area contributed by atoms with Gasteiger partial charge in [0.2, 0.25) is 0 Å². The molecule has 0 aliphatic rings. The first kappa shape index (κ1) is 19.7. The number of nitrogens with zero attached hydrogens (tertiary/aromatic N) is 1. The normalized spacial score (nSPS) is 12.2. The van der Waals surface area contributed by atoms with Gasteiger partial charge in [0.1, 0.15) is 11.8 Å². The number of amides is 2. The number of hydrazone groups is 1. The molecular formula is C19H20BrN3O3. The topological polar surface area (TPSA) is 90.8 Å². The molecule has 0 heterocycles. The molecule has 0 bridgehead atoms. The van der Waals surface area contributed by atoms with Crippen molar-refractivity contribution < 1.29 is 14.7 Å². The predicted octanol–water partition coefficient (Wildman–Crippen LogP) is 3.06. The Hall–Kier alpha value is -2.67. The van der Waals surface area contributed by atoms with E-state index >= 15 is 0 Å². The van der Waals surface area contributed by atoms with E-state index in [-0.39, 0.29) is 17.6 Å². The summed E-state index contributed by atoms with van der Waals surface area (Å²) >= 11 is 3.21. The van der Waals surface area contributed by atoms with Crippen LogP contribution >= 0.6 is 15.9 Å². The van der Waals surface area contributed by atoms with Crippen molar-refractivity contribution in [1.29, 1.82) is 0 Å². The molecule has 6 nitrogen and oxygen atoms in total. The van der Waals surface area contributed by atoms with Gasteiger partial charge in [-0.05, 0) is 57.7 Å². The first-order valence-corrected chi connectivity index (χ1v) is 8.85. The second-order valence-electron chi connectivity index (χ2n) is 6.01. The van der Waals surface area contributed by atoms with Crippen LogP contribution in [-0.4, -0.2) is 29.2 Å². The van der Waals surface area contributed by atoms with Gasteiger partial charge < -0.3 is 10.4 Å². The van der Waals surface area contributed by atoms with Crippen LogP contribution < -0.4 is 10.7 Å². The third kappa shape index (κ3) is 5.42. The van der Waals surface area contributed by atoms with E-state index in [9.17, 15) is 14.7 Å². The molecule has 1 unspecified atom stereocenters. The second-order valence-corrected chi connectivity index (χ2v) is 6.86. The molecule has 2 rings (SSSR count). The lowest BCUT2D eigenvalue weighted by Crippen LogP contribution is -2.48. The van der Waals surface area contributed by atoms with Gasteiger partial charge in [0.25, 0.3) is 11.8 Å². The molecule has 0 aliphatic heterocycles. The number of hydrogen-bond donors (Lipinski definition) is 3. The number of phenols is 1. The molecule has 0 spiro atoms. The van der Waals surface area contributed by atoms with Crippen LogP contribution in [0.15, 0.2) is 58.1 Å². The summed E-state index contributed by atoms with van der Waals surface area (Å²) in [5.41, 5.74) is 3.63. The fourth-order valence-electron chi connectivity index (χ4n) is 2.19. The minimum Gasteiger partial charge on any atom is -0.507 e. The first-order valence-electron chi connectivity index (χ1n) is 8.06. The average molecular weight is 418 g/mol. The Kier molecular flexibility index (Phi) is 6.91. The van der Waals surface area contributed by atoms with Crippen LogP contribution in [0.2, 0.25) is 0 Å². The number of hydrogen-bond acceptors (Lipinski definition) is 4. The second kappa shape index (κ2) is 9.15. The molecule has 0 aromatic heterocycles. The molecule has 0 saturated heterocycles. The Bertz CT molecular complexity index is 807. The van der Waals surface area contributed by atoms with Crippen molar-refractivity contribution in [1.82, 2.24) is 10.7 Å². The summed E-state index contributed by atoms with van der Waals surface area (Å²) in [6.07, 6.45) is 1.46. The fraction of sp³-hybridized carbons (Fsp3) is 0.211. The van der Waals surface area contributed by atoms with Gasteiger partial charge in [0.15, 0.2) is 0 Å². The van der Waals surface area contributed by atoms with Crippen LogP contribution in [0.4, 0.5) is 0 Å². The molecule has 3 N–H and O–H groups in total. The summed E-state index contributed by atoms with van der Waals surface area (Å²) in [7, 11) is 0. The van der Waals surface area contributed by atoms with E-state index < -0.39 is 11.9 Å². The van der Waals surface area contributed by atoms with E-state index in [1.807, 2.05) is 19.9 Å². The van der Waals surface area contributed by atoms with Gasteiger partial charge in [-0.3, -0.25) is 9.59 Å². The number of benzene rings is 2. The highest BCUT2D eigenvalue weighted by molar-refractivity contribution is 9.10. The summed E-state index contributed by atoms with van der Waals surface area (Å²) in [4.78, 5) is 24.6. The lowest BCUT2D eigenvalue weighted by molar-refractivity contribution is -0.123. The zero-order valence-corrected chi connectivity index (χ0v) is 16.0. The molecule has 7 heteroatoms. The van der Waals surface area contributed by atoms with Crippen LogP contribution in [0, 0.1) is 5.92 Å². The van der Waals surface area contributed by atoms with Gasteiger partial charge in [-0.1, -0.05) is 32.0 Å². The minimum absolute atomic E-state index is 0.110. The van der Waals surface area contributed by atoms with E-state index in [4.69, 9.17) is 0 Å². The largest absolute Gasteiger partial charge is 0.507 e. The maximum absolute atomic E-state index is 12.4. The van der Waals surface area contributed by atoms with E-state index in [0.29, 0.717) is 15.6 Å². The summed E-state index contributed by atoms with van der Waals surface area (Å²) < 4.78 is 0.531. The number of aromatic hydroxyl groups is 1. The van der Waals surface area contributed by atoms with Gasteiger partial charge in [-0.25, -0.2) is 5.43 Å². The average Bonchev–Trinajstić information content (AvgIpc) is 2.62. The molecule has 1 atom stereocenters. The van der Waals surface area contributed by atoms with E-state index in [0.717, 1.165) is 0 Å². The Labute approximate surface area is 160 Å². The molecule has 0 saturated carbocycles. The van der Waals surface area contributed by atoms with E-state index in [1.54, 1.807) is 36.4 Å². The molecule has 0 radical (unpaired) electrons. The Morgan fingerprint density at radius 2 is 1.85 bits per heavy atom. The van der Waals surface area contributed by atoms with Crippen LogP contribution in [0.1, 0.15) is 29.8 Å². The first-order chi connectivity index (χ1) is 12.4. The molecule has 2 aromatic carbocycles. The van der Waals surface area contributed by atoms with Gasteiger partial charge in [-0.15, -0.1) is 0 Å². The molecule has 136 valence electrons. The van der Waals surface area contributed by atoms with Gasteiger partial charge in [-0.2, -0.15) is 5.10 Å². The number of halogens is 1. The van der Waals surface area contributed by atoms with Crippen molar-refractivity contribution in [2.24, 2.45) is 11.0 Å². The minimum atomic E-state index is -0.716. The van der Waals surface area contributed by atoms with Crippen molar-refractivity contribution in [3.8, 4) is 5.75 Å². The maximum atomic E-state index is 12.4. The van der Waals surface area contributed by atoms with Crippen molar-refractivity contribution in [2.45, 2.75) is 19.9 Å². The molecular weight excluding hydrogens is 398 g/mol. The summed E-state index contributed by atoms with van der Waals surface area (Å²) in [5.74, 6) is -0.709. The highest BCUT2D eigenvalue weighted by Gasteiger charge is 2.24. The molecule has 26 heavy (non-hydrogen) atoms. The summed E-state index contributed by atoms with van der Waals surface area (Å²) in [6, 6.07) is 12.8. The van der Waals surface area contributed by atoms with E-state index in [1.165, 1.54) is 12.3 Å². The van der Waals surface area contributed by atoms with Crippen LogP contribution in [0.5, 0.6) is 5.75 Å². The lowest BCUT2D eigenvalue weighted by Gasteiger charge is -2.20. The smallest absolute Gasteiger partial charge is 0.262 e. The summed E-state index contributed by atoms with van der Waals surface area (Å²) in [6.45, 7) is 3.69. The molecule has 0 fully saturated rings. The van der Waals surface area contributed by atoms with Crippen molar-refractivity contribution in [3.05, 3.63) is 64.1 Å². The Morgan fingerprint density at radius 1 is 1.15 bits per heavy atom. The monoisotopic (exact) mass is 417 g/mol. The van der Waals surface area contributed by atoms with Crippen LogP contribution in [0.3, 0.4) is 0 Å². The zero-order valence-electron chi connectivity index (χ0n) is 14.4. The third-order valence-electron chi connectivity index (χ3n) is 3.63. The fourth-order valence-corrected chi connectivity index (χ4v) is 2.59. The Morgan fingerprint density at radius 3 is 2.46 bits per heavy atom. The number of nitrogens with one attached hydrogen (secondary N) is 2. The van der Waals surface area contributed by atoms with E-state index in [2.05, 4.69) is 31.8 Å². The number of carbonyl (C=O) groups excluding carboxylic acids is 2. The molecule has 0 aliphatic carbocycles. The van der Waals surface area contributed by atoms with Gasteiger partial charge >= 0.3 is 0 Å². The Balaban J connectivity index is 2.00. The highest BCUT2D eigenvalue weighted by atomic mass is 79.9. The highest BCUT2D eigenvalue weighted by Crippen LogP contribution is 2.23. The van der Waals surface area contributed by atoms with Crippen molar-refractivity contribution in [3.63, 3.8) is 0 Å². The summed E-state index contributed by atoms with van der Waals surface area (Å²) in [5, 5.41) is 16.1. The number of carbonyl (C=O) groups is 2. The standard InChI is InChI=1S/C19H20BrN3O3/c1-12(2)17(22-18(25)14-6-4-3-5-7-14)19(26)23-21-11-13-8-9-16(24)15(20)10-13/h3-12,17,24H,1-2H3,(H,22,25)(H,23,26). The zero-order chi connectivity index (χ0) is 19.1. The van der Waals surface area contributed by atoms with Crippen LogP contribution in [-0.2, 0) is 4.79 Å². The molecule has 2 aromatic rings. The quantitative estimate of drug-likeness (QED) is 0.498. The predicted molar refractivity (Wildman–Crippen MR) is 104 cm³/mol. The van der Waals surface area contributed by atoms with Crippen molar-refractivity contribution in [2.75, 3.05) is 0 Å². The molecule has 2 amide bonds. The van der Waals surface area contributed by atoms with Crippen LogP contribution in [0.25, 0.3) is 0 Å². The maximum Gasteiger partial charge on any atom is 0.262 e. The van der Waals surface area contributed by atoms with Crippen molar-refractivity contribution >= 4 is 34.0 Å². The number of phenolic OH excluding ortho intramolecular Hbond substituents is 1. The number of rotatable bonds is 6. The lowest BCUT2D eigenvalue weighted by atomic mass is 10.0. The van der Waals surface area contributed by atoms with Gasteiger partial charge in [0, 0.05) is 5.56 Å². The van der Waals surface area contributed by atoms with Gasteiger partial charge in [0.05, 0.1) is 10.7 Å². The third-order valence-corrected chi connectivity index (χ3v) is 4.27.